The maximum Gasteiger partial charge on any atom is 0.311 e. The first-order valence-electron chi connectivity index (χ1n) is 7.31. The first-order chi connectivity index (χ1) is 11.1. The number of carbonyl (C=O) groups is 1. The predicted octanol–water partition coefficient (Wildman–Crippen LogP) is 5.11. The molecule has 0 fully saturated rings. The third-order valence-corrected chi connectivity index (χ3v) is 3.37. The summed E-state index contributed by atoms with van der Waals surface area (Å²) in [5, 5.41) is 9.92. The van der Waals surface area contributed by atoms with Crippen LogP contribution in [0.3, 0.4) is 0 Å². The minimum Gasteiger partial charge on any atom is -0.427 e. The van der Waals surface area contributed by atoms with Crippen LogP contribution in [0.25, 0.3) is 11.6 Å². The van der Waals surface area contributed by atoms with E-state index >= 15 is 0 Å². The highest BCUT2D eigenvalue weighted by molar-refractivity contribution is 6.30. The van der Waals surface area contributed by atoms with E-state index in [0.717, 1.165) is 17.5 Å². The number of carbonyl (C=O) groups excluding carboxylic acids is 1. The molecule has 0 heterocycles. The summed E-state index contributed by atoms with van der Waals surface area (Å²) in [5.74, 6) is 0.259. The highest BCUT2D eigenvalue weighted by Crippen LogP contribution is 2.22. The van der Waals surface area contributed by atoms with E-state index in [0.29, 0.717) is 22.8 Å². The number of hydrogen-bond donors (Lipinski definition) is 0. The number of ether oxygens (including phenoxy) is 1. The van der Waals surface area contributed by atoms with Crippen LogP contribution in [-0.4, -0.2) is 5.97 Å². The summed E-state index contributed by atoms with van der Waals surface area (Å²) >= 11 is 5.96. The van der Waals surface area contributed by atoms with Gasteiger partial charge in [-0.1, -0.05) is 42.8 Å². The summed E-state index contributed by atoms with van der Waals surface area (Å²) in [7, 11) is 0. The number of nitrogens with zero attached hydrogens (tertiary/aromatic N) is 1. The zero-order valence-electron chi connectivity index (χ0n) is 12.8. The molecule has 23 heavy (non-hydrogen) atoms. The van der Waals surface area contributed by atoms with E-state index in [9.17, 15) is 10.1 Å². The van der Waals surface area contributed by atoms with Crippen LogP contribution in [0, 0.1) is 11.3 Å². The minimum atomic E-state index is -0.243. The van der Waals surface area contributed by atoms with Crippen molar-refractivity contribution >= 4 is 29.2 Å². The van der Waals surface area contributed by atoms with Crippen LogP contribution >= 0.6 is 11.6 Å². The second-order valence-corrected chi connectivity index (χ2v) is 5.41. The van der Waals surface area contributed by atoms with Crippen LogP contribution in [0.15, 0.2) is 48.5 Å². The quantitative estimate of drug-likeness (QED) is 0.332. The summed E-state index contributed by atoms with van der Waals surface area (Å²) in [6, 6.07) is 16.4. The number of allylic oxidation sites excluding steroid dienone is 1. The maximum absolute atomic E-state index is 11.4. The fourth-order valence-corrected chi connectivity index (χ4v) is 2.21. The van der Waals surface area contributed by atoms with Crippen LogP contribution in [0.5, 0.6) is 5.75 Å². The maximum atomic E-state index is 11.4. The van der Waals surface area contributed by atoms with Gasteiger partial charge < -0.3 is 4.74 Å². The first-order valence-corrected chi connectivity index (χ1v) is 7.68. The Balaban J connectivity index is 2.18. The van der Waals surface area contributed by atoms with Gasteiger partial charge in [-0.2, -0.15) is 5.26 Å². The van der Waals surface area contributed by atoms with Gasteiger partial charge in [0.2, 0.25) is 0 Å². The molecular weight excluding hydrogens is 310 g/mol. The number of rotatable bonds is 5. The molecular formula is C19H16ClNO2. The summed E-state index contributed by atoms with van der Waals surface area (Å²) in [6.45, 7) is 1.93. The van der Waals surface area contributed by atoms with Crippen molar-refractivity contribution in [2.24, 2.45) is 0 Å². The van der Waals surface area contributed by atoms with Gasteiger partial charge in [-0.15, -0.1) is 0 Å². The summed E-state index contributed by atoms with van der Waals surface area (Å²) < 4.78 is 5.20. The van der Waals surface area contributed by atoms with Gasteiger partial charge in [0, 0.05) is 11.4 Å². The van der Waals surface area contributed by atoms with E-state index in [4.69, 9.17) is 16.3 Å². The highest BCUT2D eigenvalue weighted by Gasteiger charge is 2.04. The molecule has 0 amide bonds. The molecule has 3 nitrogen and oxygen atoms in total. The van der Waals surface area contributed by atoms with Crippen molar-refractivity contribution in [3.63, 3.8) is 0 Å². The molecule has 0 aliphatic heterocycles. The molecule has 2 aromatic carbocycles. The molecule has 0 aliphatic carbocycles. The van der Waals surface area contributed by atoms with E-state index in [-0.39, 0.29) is 5.97 Å². The van der Waals surface area contributed by atoms with E-state index in [1.807, 2.05) is 13.0 Å². The lowest BCUT2D eigenvalue weighted by Crippen LogP contribution is -2.06. The van der Waals surface area contributed by atoms with Gasteiger partial charge in [-0.05, 0) is 47.9 Å². The van der Waals surface area contributed by atoms with Crippen LogP contribution in [0.4, 0.5) is 0 Å². The minimum absolute atomic E-state index is 0.243. The molecule has 2 rings (SSSR count). The molecule has 0 N–H and O–H groups in total. The van der Waals surface area contributed by atoms with Crippen molar-refractivity contribution in [3.8, 4) is 11.8 Å². The zero-order chi connectivity index (χ0) is 16.7. The van der Waals surface area contributed by atoms with Crippen LogP contribution in [-0.2, 0) is 4.79 Å². The smallest absolute Gasteiger partial charge is 0.311 e. The Labute approximate surface area is 140 Å². The molecule has 0 atom stereocenters. The topological polar surface area (TPSA) is 50.1 Å². The van der Waals surface area contributed by atoms with Crippen molar-refractivity contribution in [2.45, 2.75) is 19.8 Å². The lowest BCUT2D eigenvalue weighted by Gasteiger charge is -2.04. The van der Waals surface area contributed by atoms with Crippen molar-refractivity contribution in [1.82, 2.24) is 0 Å². The molecule has 0 aliphatic rings. The molecule has 0 aromatic heterocycles. The molecule has 0 spiro atoms. The number of halogens is 1. The number of esters is 1. The van der Waals surface area contributed by atoms with E-state index < -0.39 is 0 Å². The Hall–Kier alpha value is -2.57. The molecule has 0 radical (unpaired) electrons. The monoisotopic (exact) mass is 325 g/mol. The Morgan fingerprint density at radius 2 is 2.00 bits per heavy atom. The SMILES string of the molecule is CCCC(=O)Oc1ccc(/C=C(/C#N)c2cccc(Cl)c2)cc1. The van der Waals surface area contributed by atoms with E-state index in [2.05, 4.69) is 6.07 Å². The number of nitriles is 1. The van der Waals surface area contributed by atoms with Gasteiger partial charge in [0.25, 0.3) is 0 Å². The molecule has 0 bridgehead atoms. The molecule has 0 saturated heterocycles. The largest absolute Gasteiger partial charge is 0.427 e. The Morgan fingerprint density at radius 1 is 1.26 bits per heavy atom. The van der Waals surface area contributed by atoms with Gasteiger partial charge in [-0.3, -0.25) is 4.79 Å². The zero-order valence-corrected chi connectivity index (χ0v) is 13.5. The van der Waals surface area contributed by atoms with Crippen molar-refractivity contribution < 1.29 is 9.53 Å². The van der Waals surface area contributed by atoms with Gasteiger partial charge in [-0.25, -0.2) is 0 Å². The third-order valence-electron chi connectivity index (χ3n) is 3.13. The van der Waals surface area contributed by atoms with E-state index in [1.165, 1.54) is 0 Å². The van der Waals surface area contributed by atoms with Crippen LogP contribution < -0.4 is 4.74 Å². The molecule has 116 valence electrons. The summed E-state index contributed by atoms with van der Waals surface area (Å²) in [4.78, 5) is 11.4. The van der Waals surface area contributed by atoms with Crippen molar-refractivity contribution in [2.75, 3.05) is 0 Å². The lowest BCUT2D eigenvalue weighted by molar-refractivity contribution is -0.134. The standard InChI is InChI=1S/C19H16ClNO2/c1-2-4-19(22)23-18-9-7-14(8-10-18)11-16(13-21)15-5-3-6-17(20)12-15/h3,5-12H,2,4H2,1H3/b16-11-. The summed E-state index contributed by atoms with van der Waals surface area (Å²) in [5.41, 5.74) is 2.12. The second kappa shape index (κ2) is 8.17. The van der Waals surface area contributed by atoms with E-state index in [1.54, 1.807) is 48.5 Å². The molecule has 0 unspecified atom stereocenters. The number of hydrogen-bond acceptors (Lipinski definition) is 3. The van der Waals surface area contributed by atoms with Crippen LogP contribution in [0.1, 0.15) is 30.9 Å². The normalized spacial score (nSPS) is 10.9. The van der Waals surface area contributed by atoms with Crippen molar-refractivity contribution in [1.29, 1.82) is 5.26 Å². The van der Waals surface area contributed by atoms with Crippen molar-refractivity contribution in [3.05, 3.63) is 64.7 Å². The van der Waals surface area contributed by atoms with Gasteiger partial charge in [0.1, 0.15) is 5.75 Å². The van der Waals surface area contributed by atoms with Gasteiger partial charge in [0.05, 0.1) is 11.6 Å². The van der Waals surface area contributed by atoms with Crippen LogP contribution in [0.2, 0.25) is 5.02 Å². The van der Waals surface area contributed by atoms with Gasteiger partial charge >= 0.3 is 5.97 Å². The Bertz CT molecular complexity index is 758. The molecule has 2 aromatic rings. The van der Waals surface area contributed by atoms with Gasteiger partial charge in [0.15, 0.2) is 0 Å². The lowest BCUT2D eigenvalue weighted by atomic mass is 10.0. The first kappa shape index (κ1) is 16.8. The Kier molecular flexibility index (Phi) is 5.96. The molecule has 4 heteroatoms. The number of benzene rings is 2. The molecule has 0 saturated carbocycles. The fraction of sp³-hybridized carbons (Fsp3) is 0.158. The summed E-state index contributed by atoms with van der Waals surface area (Å²) in [6.07, 6.45) is 2.92. The Morgan fingerprint density at radius 3 is 2.61 bits per heavy atom. The predicted molar refractivity (Wildman–Crippen MR) is 91.9 cm³/mol. The second-order valence-electron chi connectivity index (χ2n) is 4.97. The third kappa shape index (κ3) is 4.98. The highest BCUT2D eigenvalue weighted by atomic mass is 35.5. The average Bonchev–Trinajstić information content (AvgIpc) is 2.54. The fourth-order valence-electron chi connectivity index (χ4n) is 2.02. The average molecular weight is 326 g/mol.